The second-order valence-electron chi connectivity index (χ2n) is 9.28. The highest BCUT2D eigenvalue weighted by Gasteiger charge is 2.47. The Labute approximate surface area is 185 Å². The molecule has 6 heteroatoms. The Hall–Kier alpha value is -2.18. The molecule has 2 aromatic carbocycles. The van der Waals surface area contributed by atoms with Gasteiger partial charge in [-0.15, -0.1) is 0 Å². The average Bonchev–Trinajstić information content (AvgIpc) is 3.43. The quantitative estimate of drug-likeness (QED) is 0.727. The van der Waals surface area contributed by atoms with Crippen molar-refractivity contribution in [2.75, 3.05) is 26.2 Å². The fourth-order valence-electron chi connectivity index (χ4n) is 5.89. The minimum Gasteiger partial charge on any atom is -0.343 e. The van der Waals surface area contributed by atoms with Crippen LogP contribution in [0.25, 0.3) is 0 Å². The molecular weight excluding hydrogens is 408 g/mol. The summed E-state index contributed by atoms with van der Waals surface area (Å²) in [7, 11) is -3.46. The zero-order chi connectivity index (χ0) is 21.5. The van der Waals surface area contributed by atoms with Gasteiger partial charge in [0.2, 0.25) is 15.9 Å². The molecule has 0 N–H and O–H groups in total. The van der Waals surface area contributed by atoms with Crippen LogP contribution in [0, 0.1) is 0 Å². The van der Waals surface area contributed by atoms with E-state index in [4.69, 9.17) is 0 Å². The summed E-state index contributed by atoms with van der Waals surface area (Å²) in [6.07, 6.45) is 5.37. The Bertz CT molecular complexity index is 1050. The number of hydrogen-bond acceptors (Lipinski definition) is 3. The summed E-state index contributed by atoms with van der Waals surface area (Å²) in [4.78, 5) is 15.2. The summed E-state index contributed by atoms with van der Waals surface area (Å²) < 4.78 is 27.8. The lowest BCUT2D eigenvalue weighted by atomic mass is 9.73. The number of nitrogens with zero attached hydrogens (tertiary/aromatic N) is 2. The molecule has 0 unspecified atom stereocenters. The van der Waals surface area contributed by atoms with Gasteiger partial charge in [0.05, 0.1) is 4.90 Å². The number of benzene rings is 2. The summed E-state index contributed by atoms with van der Waals surface area (Å²) in [6, 6.07) is 17.3. The molecule has 0 aromatic heterocycles. The maximum atomic E-state index is 13.1. The van der Waals surface area contributed by atoms with Crippen LogP contribution in [0.5, 0.6) is 0 Å². The van der Waals surface area contributed by atoms with Gasteiger partial charge >= 0.3 is 0 Å². The molecule has 5 rings (SSSR count). The molecule has 0 bridgehead atoms. The summed E-state index contributed by atoms with van der Waals surface area (Å²) in [6.45, 7) is 2.84. The Balaban J connectivity index is 1.34. The number of carbonyl (C=O) groups is 1. The number of hydrogen-bond donors (Lipinski definition) is 0. The van der Waals surface area contributed by atoms with Crippen LogP contribution in [0.15, 0.2) is 59.5 Å². The van der Waals surface area contributed by atoms with Crippen LogP contribution in [-0.4, -0.2) is 49.7 Å². The number of likely N-dealkylation sites (tertiary alicyclic amines) is 1. The highest BCUT2D eigenvalue weighted by atomic mass is 32.2. The van der Waals surface area contributed by atoms with Gasteiger partial charge in [0.15, 0.2) is 0 Å². The van der Waals surface area contributed by atoms with Crippen molar-refractivity contribution in [3.63, 3.8) is 0 Å². The molecule has 31 heavy (non-hydrogen) atoms. The molecule has 2 saturated heterocycles. The molecule has 3 aliphatic rings. The van der Waals surface area contributed by atoms with Gasteiger partial charge in [-0.05, 0) is 66.7 Å². The van der Waals surface area contributed by atoms with Crippen LogP contribution in [-0.2, 0) is 20.2 Å². The molecule has 2 aromatic rings. The lowest BCUT2D eigenvalue weighted by molar-refractivity contribution is -0.130. The van der Waals surface area contributed by atoms with E-state index in [2.05, 4.69) is 24.3 Å². The second kappa shape index (κ2) is 8.06. The smallest absolute Gasteiger partial charge is 0.243 e. The van der Waals surface area contributed by atoms with Crippen molar-refractivity contribution in [1.29, 1.82) is 0 Å². The fraction of sp³-hybridized carbons (Fsp3) is 0.480. The first-order valence-corrected chi connectivity index (χ1v) is 12.9. The normalized spacial score (nSPS) is 23.2. The second-order valence-corrected chi connectivity index (χ2v) is 11.2. The summed E-state index contributed by atoms with van der Waals surface area (Å²) in [5, 5.41) is 0. The Kier molecular flexibility index (Phi) is 5.39. The molecule has 2 aliphatic heterocycles. The average molecular weight is 439 g/mol. The van der Waals surface area contributed by atoms with Crippen molar-refractivity contribution in [1.82, 2.24) is 9.21 Å². The minimum absolute atomic E-state index is 0.0186. The molecule has 0 radical (unpaired) electrons. The Morgan fingerprint density at radius 3 is 2.26 bits per heavy atom. The van der Waals surface area contributed by atoms with Crippen molar-refractivity contribution in [2.45, 2.75) is 54.8 Å². The molecule has 1 aliphatic carbocycles. The molecule has 2 fully saturated rings. The minimum atomic E-state index is -3.46. The zero-order valence-electron chi connectivity index (χ0n) is 17.9. The van der Waals surface area contributed by atoms with E-state index in [-0.39, 0.29) is 17.2 Å². The van der Waals surface area contributed by atoms with Gasteiger partial charge in [-0.1, -0.05) is 42.5 Å². The van der Waals surface area contributed by atoms with Gasteiger partial charge < -0.3 is 4.90 Å². The monoisotopic (exact) mass is 438 g/mol. The number of piperidine rings is 1. The molecule has 164 valence electrons. The van der Waals surface area contributed by atoms with Crippen LogP contribution in [0.3, 0.4) is 0 Å². The Morgan fingerprint density at radius 1 is 0.903 bits per heavy atom. The van der Waals surface area contributed by atoms with Crippen molar-refractivity contribution < 1.29 is 13.2 Å². The van der Waals surface area contributed by atoms with Gasteiger partial charge in [0, 0.05) is 32.6 Å². The van der Waals surface area contributed by atoms with Gasteiger partial charge in [0.1, 0.15) is 0 Å². The molecule has 0 saturated carbocycles. The number of sulfonamides is 1. The summed E-state index contributed by atoms with van der Waals surface area (Å²) in [5.74, 6) is 0.514. The third-order valence-electron chi connectivity index (χ3n) is 7.55. The summed E-state index contributed by atoms with van der Waals surface area (Å²) in [5.41, 5.74) is 2.62. The van der Waals surface area contributed by atoms with E-state index >= 15 is 0 Å². The molecule has 2 heterocycles. The third-order valence-corrected chi connectivity index (χ3v) is 9.46. The first-order chi connectivity index (χ1) is 15.0. The van der Waals surface area contributed by atoms with Gasteiger partial charge in [-0.3, -0.25) is 4.79 Å². The molecule has 5 nitrogen and oxygen atoms in total. The number of amides is 1. The van der Waals surface area contributed by atoms with E-state index in [0.717, 1.165) is 45.2 Å². The summed E-state index contributed by atoms with van der Waals surface area (Å²) >= 11 is 0. The first-order valence-electron chi connectivity index (χ1n) is 11.4. The van der Waals surface area contributed by atoms with E-state index < -0.39 is 10.0 Å². The standard InChI is InChI=1S/C25H30N2O3S/c28-24(26-14-6-7-15-26)18-20-19-25(23-11-5-4-10-22(20)23)12-16-27(17-13-25)31(29,30)21-8-2-1-3-9-21/h1-5,8-11,20H,6-7,12-19H2/t20-/m1/s1. The van der Waals surface area contributed by atoms with Gasteiger partial charge in [-0.25, -0.2) is 8.42 Å². The highest BCUT2D eigenvalue weighted by Crippen LogP contribution is 2.53. The van der Waals surface area contributed by atoms with E-state index in [1.54, 1.807) is 28.6 Å². The van der Waals surface area contributed by atoms with Gasteiger partial charge in [-0.2, -0.15) is 4.31 Å². The van der Waals surface area contributed by atoms with Crippen molar-refractivity contribution in [3.05, 3.63) is 65.7 Å². The fourth-order valence-corrected chi connectivity index (χ4v) is 7.35. The van der Waals surface area contributed by atoms with Crippen molar-refractivity contribution in [3.8, 4) is 0 Å². The number of fused-ring (bicyclic) bond motifs is 2. The predicted octanol–water partition coefficient (Wildman–Crippen LogP) is 3.91. The van der Waals surface area contributed by atoms with Crippen LogP contribution in [0.2, 0.25) is 0 Å². The third kappa shape index (κ3) is 3.70. The molecular formula is C25H30N2O3S. The topological polar surface area (TPSA) is 57.7 Å². The largest absolute Gasteiger partial charge is 0.343 e. The number of rotatable bonds is 4. The van der Waals surface area contributed by atoms with E-state index in [0.29, 0.717) is 24.4 Å². The van der Waals surface area contributed by atoms with Crippen molar-refractivity contribution >= 4 is 15.9 Å². The molecule has 1 spiro atoms. The SMILES string of the molecule is O=C(C[C@@H]1CC2(CCN(S(=O)(=O)c3ccccc3)CC2)c2ccccc21)N1CCCC1. The van der Waals surface area contributed by atoms with Crippen LogP contribution in [0.1, 0.15) is 55.6 Å². The lowest BCUT2D eigenvalue weighted by Gasteiger charge is -2.39. The number of carbonyl (C=O) groups excluding carboxylic acids is 1. The Morgan fingerprint density at radius 2 is 1.55 bits per heavy atom. The molecule has 1 atom stereocenters. The highest BCUT2D eigenvalue weighted by molar-refractivity contribution is 7.89. The maximum Gasteiger partial charge on any atom is 0.243 e. The zero-order valence-corrected chi connectivity index (χ0v) is 18.7. The van der Waals surface area contributed by atoms with Crippen LogP contribution in [0.4, 0.5) is 0 Å². The van der Waals surface area contributed by atoms with E-state index in [1.807, 2.05) is 11.0 Å². The van der Waals surface area contributed by atoms with E-state index in [9.17, 15) is 13.2 Å². The predicted molar refractivity (Wildman–Crippen MR) is 120 cm³/mol. The van der Waals surface area contributed by atoms with Gasteiger partial charge in [0.25, 0.3) is 0 Å². The van der Waals surface area contributed by atoms with Crippen LogP contribution < -0.4 is 0 Å². The van der Waals surface area contributed by atoms with Crippen molar-refractivity contribution in [2.24, 2.45) is 0 Å². The van der Waals surface area contributed by atoms with E-state index in [1.165, 1.54) is 11.1 Å². The molecule has 1 amide bonds. The first kappa shape index (κ1) is 20.7. The maximum absolute atomic E-state index is 13.1. The lowest BCUT2D eigenvalue weighted by Crippen LogP contribution is -2.44. The van der Waals surface area contributed by atoms with Crippen LogP contribution >= 0.6 is 0 Å².